The van der Waals surface area contributed by atoms with Crippen molar-refractivity contribution in [2.75, 3.05) is 13.1 Å². The normalized spacial score (nSPS) is 15.4. The average molecular weight is 379 g/mol. The lowest BCUT2D eigenvalue weighted by atomic mass is 9.87. The Bertz CT molecular complexity index is 744. The third kappa shape index (κ3) is 6.25. The summed E-state index contributed by atoms with van der Waals surface area (Å²) in [6.07, 6.45) is 7.78. The van der Waals surface area contributed by atoms with Crippen molar-refractivity contribution in [3.63, 3.8) is 0 Å². The predicted molar refractivity (Wildman–Crippen MR) is 105 cm³/mol. The fourth-order valence-electron chi connectivity index (χ4n) is 2.93. The lowest BCUT2D eigenvalue weighted by molar-refractivity contribution is -0.119. The fourth-order valence-corrected chi connectivity index (χ4v) is 3.92. The van der Waals surface area contributed by atoms with Crippen molar-refractivity contribution in [3.05, 3.63) is 41.5 Å². The van der Waals surface area contributed by atoms with Crippen LogP contribution in [0.15, 0.2) is 40.8 Å². The summed E-state index contributed by atoms with van der Waals surface area (Å²) >= 11 is 0. The molecule has 6 heteroatoms. The summed E-state index contributed by atoms with van der Waals surface area (Å²) in [7, 11) is -3.69. The van der Waals surface area contributed by atoms with Crippen molar-refractivity contribution < 1.29 is 13.2 Å². The molecule has 0 heterocycles. The van der Waals surface area contributed by atoms with E-state index in [0.29, 0.717) is 6.54 Å². The summed E-state index contributed by atoms with van der Waals surface area (Å²) in [4.78, 5) is 12.1. The quantitative estimate of drug-likeness (QED) is 0.715. The Balaban J connectivity index is 1.81. The molecule has 0 radical (unpaired) electrons. The predicted octanol–water partition coefficient (Wildman–Crippen LogP) is 3.27. The molecule has 0 saturated carbocycles. The van der Waals surface area contributed by atoms with Gasteiger partial charge in [0.1, 0.15) is 0 Å². The maximum absolute atomic E-state index is 12.3. The van der Waals surface area contributed by atoms with Crippen molar-refractivity contribution in [3.8, 4) is 0 Å². The minimum absolute atomic E-state index is 0.0383. The smallest absolute Gasteiger partial charge is 0.241 e. The Hall–Kier alpha value is -1.66. The van der Waals surface area contributed by atoms with E-state index in [-0.39, 0.29) is 22.8 Å². The average Bonchev–Trinajstić information content (AvgIpc) is 2.60. The van der Waals surface area contributed by atoms with E-state index in [0.717, 1.165) is 24.8 Å². The lowest BCUT2D eigenvalue weighted by Gasteiger charge is -2.19. The van der Waals surface area contributed by atoms with Gasteiger partial charge in [0, 0.05) is 6.54 Å². The second kappa shape index (κ2) is 8.82. The SMILES string of the molecule is CC(C)(C)c1ccc(S(=O)(=O)NCC(=O)NCCC2=CCCCC2)cc1. The van der Waals surface area contributed by atoms with Gasteiger partial charge in [0.2, 0.25) is 15.9 Å². The molecule has 1 aromatic carbocycles. The first-order valence-corrected chi connectivity index (χ1v) is 10.7. The first-order chi connectivity index (χ1) is 12.2. The van der Waals surface area contributed by atoms with Crippen molar-refractivity contribution >= 4 is 15.9 Å². The first kappa shape index (κ1) is 20.6. The molecule has 2 N–H and O–H groups in total. The molecule has 0 spiro atoms. The van der Waals surface area contributed by atoms with Crippen LogP contribution in [0.5, 0.6) is 0 Å². The van der Waals surface area contributed by atoms with Gasteiger partial charge in [-0.1, -0.05) is 44.6 Å². The largest absolute Gasteiger partial charge is 0.355 e. The van der Waals surface area contributed by atoms with Gasteiger partial charge in [-0.3, -0.25) is 4.79 Å². The summed E-state index contributed by atoms with van der Waals surface area (Å²) in [6.45, 7) is 6.52. The highest BCUT2D eigenvalue weighted by Crippen LogP contribution is 2.23. The van der Waals surface area contributed by atoms with Gasteiger partial charge < -0.3 is 5.32 Å². The van der Waals surface area contributed by atoms with Gasteiger partial charge in [-0.25, -0.2) is 13.1 Å². The molecule has 0 fully saturated rings. The number of amides is 1. The zero-order valence-electron chi connectivity index (χ0n) is 16.0. The summed E-state index contributed by atoms with van der Waals surface area (Å²) in [5.41, 5.74) is 2.41. The molecule has 26 heavy (non-hydrogen) atoms. The second-order valence-electron chi connectivity index (χ2n) is 7.81. The number of sulfonamides is 1. The van der Waals surface area contributed by atoms with Gasteiger partial charge in [0.15, 0.2) is 0 Å². The molecule has 0 unspecified atom stereocenters. The Morgan fingerprint density at radius 3 is 2.38 bits per heavy atom. The van der Waals surface area contributed by atoms with E-state index in [9.17, 15) is 13.2 Å². The molecule has 0 aromatic heterocycles. The summed E-state index contributed by atoms with van der Waals surface area (Å²) in [6, 6.07) is 6.78. The second-order valence-corrected chi connectivity index (χ2v) is 9.57. The molecule has 1 aliphatic carbocycles. The molecule has 5 nitrogen and oxygen atoms in total. The number of rotatable bonds is 7. The van der Waals surface area contributed by atoms with E-state index in [1.165, 1.54) is 18.4 Å². The van der Waals surface area contributed by atoms with Crippen LogP contribution in [-0.2, 0) is 20.2 Å². The van der Waals surface area contributed by atoms with Crippen LogP contribution in [0.2, 0.25) is 0 Å². The summed E-state index contributed by atoms with van der Waals surface area (Å²) in [5.74, 6) is -0.309. The number of carbonyl (C=O) groups is 1. The van der Waals surface area contributed by atoms with Crippen molar-refractivity contribution in [1.82, 2.24) is 10.0 Å². The molecule has 0 bridgehead atoms. The van der Waals surface area contributed by atoms with E-state index in [4.69, 9.17) is 0 Å². The molecule has 0 atom stereocenters. The molecule has 1 aliphatic rings. The van der Waals surface area contributed by atoms with Gasteiger partial charge in [-0.2, -0.15) is 0 Å². The minimum atomic E-state index is -3.69. The molecule has 0 aliphatic heterocycles. The number of carbonyl (C=O) groups excluding carboxylic acids is 1. The van der Waals surface area contributed by atoms with Gasteiger partial charge in [0.05, 0.1) is 11.4 Å². The molecule has 1 aromatic rings. The van der Waals surface area contributed by atoms with Crippen LogP contribution >= 0.6 is 0 Å². The molecule has 2 rings (SSSR count). The Kier molecular flexibility index (Phi) is 7.01. The van der Waals surface area contributed by atoms with E-state index in [1.807, 2.05) is 12.1 Å². The van der Waals surface area contributed by atoms with Crippen molar-refractivity contribution in [2.45, 2.75) is 63.2 Å². The Morgan fingerprint density at radius 2 is 1.81 bits per heavy atom. The van der Waals surface area contributed by atoms with E-state index in [1.54, 1.807) is 12.1 Å². The molecule has 1 amide bonds. The zero-order chi connectivity index (χ0) is 19.2. The maximum atomic E-state index is 12.3. The summed E-state index contributed by atoms with van der Waals surface area (Å²) in [5, 5.41) is 2.78. The number of allylic oxidation sites excluding steroid dienone is 1. The van der Waals surface area contributed by atoms with Crippen molar-refractivity contribution in [1.29, 1.82) is 0 Å². The molecule has 144 valence electrons. The Labute approximate surface area is 157 Å². The lowest BCUT2D eigenvalue weighted by Crippen LogP contribution is -2.37. The van der Waals surface area contributed by atoms with Crippen molar-refractivity contribution in [2.24, 2.45) is 0 Å². The molecule has 0 saturated heterocycles. The first-order valence-electron chi connectivity index (χ1n) is 9.23. The van der Waals surface area contributed by atoms with Crippen LogP contribution < -0.4 is 10.0 Å². The zero-order valence-corrected chi connectivity index (χ0v) is 16.8. The molecular weight excluding hydrogens is 348 g/mol. The topological polar surface area (TPSA) is 75.3 Å². The van der Waals surface area contributed by atoms with E-state index in [2.05, 4.69) is 36.9 Å². The van der Waals surface area contributed by atoms with Crippen LogP contribution in [0.3, 0.4) is 0 Å². The van der Waals surface area contributed by atoms with Gasteiger partial charge in [-0.05, 0) is 55.2 Å². The third-order valence-electron chi connectivity index (χ3n) is 4.61. The Morgan fingerprint density at radius 1 is 1.12 bits per heavy atom. The number of hydrogen-bond donors (Lipinski definition) is 2. The fraction of sp³-hybridized carbons (Fsp3) is 0.550. The van der Waals surface area contributed by atoms with E-state index < -0.39 is 10.0 Å². The maximum Gasteiger partial charge on any atom is 0.241 e. The number of nitrogens with one attached hydrogen (secondary N) is 2. The molecular formula is C20H30N2O3S. The number of benzene rings is 1. The highest BCUT2D eigenvalue weighted by Gasteiger charge is 2.18. The van der Waals surface area contributed by atoms with Gasteiger partial charge >= 0.3 is 0 Å². The van der Waals surface area contributed by atoms with Crippen LogP contribution in [0.1, 0.15) is 58.4 Å². The van der Waals surface area contributed by atoms with Crippen LogP contribution in [-0.4, -0.2) is 27.4 Å². The highest BCUT2D eigenvalue weighted by atomic mass is 32.2. The summed E-state index contributed by atoms with van der Waals surface area (Å²) < 4.78 is 27.0. The minimum Gasteiger partial charge on any atom is -0.355 e. The van der Waals surface area contributed by atoms with Crippen LogP contribution in [0, 0.1) is 0 Å². The monoisotopic (exact) mass is 378 g/mol. The highest BCUT2D eigenvalue weighted by molar-refractivity contribution is 7.89. The third-order valence-corrected chi connectivity index (χ3v) is 6.02. The van der Waals surface area contributed by atoms with Gasteiger partial charge in [-0.15, -0.1) is 0 Å². The number of hydrogen-bond acceptors (Lipinski definition) is 3. The van der Waals surface area contributed by atoms with Crippen LogP contribution in [0.4, 0.5) is 0 Å². The van der Waals surface area contributed by atoms with Gasteiger partial charge in [0.25, 0.3) is 0 Å². The van der Waals surface area contributed by atoms with Crippen LogP contribution in [0.25, 0.3) is 0 Å². The standard InChI is InChI=1S/C20H30N2O3S/c1-20(2,3)17-9-11-18(12-10-17)26(24,25)22-15-19(23)21-14-13-16-7-5-4-6-8-16/h7,9-12,22H,4-6,8,13-15H2,1-3H3,(H,21,23). The van der Waals surface area contributed by atoms with E-state index >= 15 is 0 Å².